The monoisotopic (exact) mass is 362 g/mol. The molecule has 0 spiro atoms. The summed E-state index contributed by atoms with van der Waals surface area (Å²) in [5, 5.41) is 0. The van der Waals surface area contributed by atoms with Gasteiger partial charge in [-0.15, -0.1) is 0 Å². The Labute approximate surface area is 157 Å². The molecule has 0 aromatic rings. The molecule has 5 nitrogen and oxygen atoms in total. The fourth-order valence-corrected chi connectivity index (χ4v) is 4.17. The van der Waals surface area contributed by atoms with E-state index in [1.165, 1.54) is 38.5 Å². The first-order valence-electron chi connectivity index (χ1n) is 10.3. The minimum absolute atomic E-state index is 0.126. The van der Waals surface area contributed by atoms with Crippen LogP contribution in [0.2, 0.25) is 0 Å². The molecule has 0 N–H and O–H groups in total. The SMILES string of the molecule is CCCCCCOC[C@@H]1[C@H](C/C=C\CCCC(=O)C=[N+]=[N-])[C@@H]2CC[C@H]1O2. The van der Waals surface area contributed by atoms with Crippen LogP contribution < -0.4 is 0 Å². The molecule has 0 unspecified atom stereocenters. The van der Waals surface area contributed by atoms with Crippen molar-refractivity contribution in [1.29, 1.82) is 0 Å². The number of hydrogen-bond acceptors (Lipinski definition) is 3. The van der Waals surface area contributed by atoms with E-state index >= 15 is 0 Å². The van der Waals surface area contributed by atoms with Crippen LogP contribution in [0.4, 0.5) is 0 Å². The summed E-state index contributed by atoms with van der Waals surface area (Å²) in [7, 11) is 0. The van der Waals surface area contributed by atoms with Crippen molar-refractivity contribution in [3.8, 4) is 0 Å². The molecule has 0 aromatic heterocycles. The molecule has 0 radical (unpaired) electrons. The summed E-state index contributed by atoms with van der Waals surface area (Å²) in [4.78, 5) is 14.0. The minimum atomic E-state index is -0.126. The van der Waals surface area contributed by atoms with E-state index in [4.69, 9.17) is 15.0 Å². The van der Waals surface area contributed by atoms with E-state index in [1.807, 2.05) is 0 Å². The van der Waals surface area contributed by atoms with Crippen molar-refractivity contribution in [2.45, 2.75) is 83.3 Å². The Morgan fingerprint density at radius 3 is 2.73 bits per heavy atom. The number of ketones is 1. The van der Waals surface area contributed by atoms with Crippen LogP contribution in [-0.2, 0) is 14.3 Å². The van der Waals surface area contributed by atoms with Gasteiger partial charge in [-0.1, -0.05) is 38.3 Å². The third-order valence-electron chi connectivity index (χ3n) is 5.61. The summed E-state index contributed by atoms with van der Waals surface area (Å²) in [6, 6.07) is 0. The molecule has 2 aliphatic rings. The highest BCUT2D eigenvalue weighted by molar-refractivity contribution is 6.25. The average Bonchev–Trinajstić information content (AvgIpc) is 3.23. The van der Waals surface area contributed by atoms with Crippen LogP contribution in [0, 0.1) is 11.8 Å². The maximum atomic E-state index is 11.2. The number of nitrogens with zero attached hydrogens (tertiary/aromatic N) is 2. The second kappa shape index (κ2) is 12.2. The summed E-state index contributed by atoms with van der Waals surface area (Å²) in [6.07, 6.45) is 16.7. The van der Waals surface area contributed by atoms with Gasteiger partial charge in [0.05, 0.1) is 18.8 Å². The lowest BCUT2D eigenvalue weighted by Gasteiger charge is -2.27. The van der Waals surface area contributed by atoms with Crippen molar-refractivity contribution >= 4 is 12.0 Å². The van der Waals surface area contributed by atoms with Crippen LogP contribution in [0.3, 0.4) is 0 Å². The molecule has 5 heteroatoms. The Hall–Kier alpha value is -1.29. The van der Waals surface area contributed by atoms with E-state index in [0.717, 1.165) is 38.7 Å². The third-order valence-corrected chi connectivity index (χ3v) is 5.61. The lowest BCUT2D eigenvalue weighted by Crippen LogP contribution is -2.30. The van der Waals surface area contributed by atoms with E-state index in [1.54, 1.807) is 0 Å². The lowest BCUT2D eigenvalue weighted by atomic mass is 9.78. The van der Waals surface area contributed by atoms with Gasteiger partial charge in [-0.2, -0.15) is 4.79 Å². The molecule has 0 aliphatic carbocycles. The van der Waals surface area contributed by atoms with Gasteiger partial charge >= 0.3 is 6.21 Å². The second-order valence-electron chi connectivity index (χ2n) is 7.56. The highest BCUT2D eigenvalue weighted by atomic mass is 16.5. The molecular weight excluding hydrogens is 328 g/mol. The van der Waals surface area contributed by atoms with E-state index in [2.05, 4.69) is 23.9 Å². The van der Waals surface area contributed by atoms with Crippen molar-refractivity contribution < 1.29 is 19.1 Å². The number of ether oxygens (including phenoxy) is 2. The van der Waals surface area contributed by atoms with Gasteiger partial charge in [0.15, 0.2) is 0 Å². The van der Waals surface area contributed by atoms with E-state index in [9.17, 15) is 4.79 Å². The third kappa shape index (κ3) is 6.79. The molecule has 2 saturated heterocycles. The van der Waals surface area contributed by atoms with Gasteiger partial charge < -0.3 is 15.0 Å². The first-order chi connectivity index (χ1) is 12.8. The zero-order valence-corrected chi connectivity index (χ0v) is 16.1. The molecule has 2 aliphatic heterocycles. The van der Waals surface area contributed by atoms with E-state index in [0.29, 0.717) is 30.5 Å². The predicted octanol–water partition coefficient (Wildman–Crippen LogP) is 4.36. The molecule has 0 amide bonds. The number of unbranched alkanes of at least 4 members (excludes halogenated alkanes) is 4. The molecule has 4 atom stereocenters. The first kappa shape index (κ1) is 21.0. The molecule has 0 saturated carbocycles. The van der Waals surface area contributed by atoms with Gasteiger partial charge in [0.2, 0.25) is 5.78 Å². The number of Topliss-reactive ketones (excluding diaryl/α,β-unsaturated/α-hetero) is 1. The molecular formula is C21H34N2O3. The summed E-state index contributed by atoms with van der Waals surface area (Å²) in [6.45, 7) is 3.94. The molecule has 146 valence electrons. The minimum Gasteiger partial charge on any atom is -0.381 e. The van der Waals surface area contributed by atoms with E-state index in [-0.39, 0.29) is 5.78 Å². The zero-order chi connectivity index (χ0) is 18.6. The van der Waals surface area contributed by atoms with Crippen LogP contribution in [0.1, 0.15) is 71.1 Å². The Bertz CT molecular complexity index is 499. The number of fused-ring (bicyclic) bond motifs is 2. The van der Waals surface area contributed by atoms with Crippen molar-refractivity contribution in [2.24, 2.45) is 11.8 Å². The number of carbonyl (C=O) groups excluding carboxylic acids is 1. The Morgan fingerprint density at radius 2 is 1.96 bits per heavy atom. The average molecular weight is 363 g/mol. The standard InChI is InChI=1S/C21H34N2O3/c1-2-3-4-9-14-25-16-19-18(20-12-13-21(19)26-20)11-8-6-5-7-10-17(24)15-23-22/h6,8,15,18-21H,2-5,7,9-14,16H2,1H3/b8-6-/t18-,19+,20-,21+/m0/s1. The zero-order valence-electron chi connectivity index (χ0n) is 16.1. The second-order valence-corrected chi connectivity index (χ2v) is 7.56. The normalized spacial score (nSPS) is 27.1. The fourth-order valence-electron chi connectivity index (χ4n) is 4.17. The fraction of sp³-hybridized carbons (Fsp3) is 0.810. The summed E-state index contributed by atoms with van der Waals surface area (Å²) < 4.78 is 12.1. The van der Waals surface area contributed by atoms with Crippen LogP contribution in [-0.4, -0.2) is 42.2 Å². The largest absolute Gasteiger partial charge is 0.381 e. The van der Waals surface area contributed by atoms with Crippen molar-refractivity contribution in [3.63, 3.8) is 0 Å². The van der Waals surface area contributed by atoms with Gasteiger partial charge in [-0.05, 0) is 44.4 Å². The van der Waals surface area contributed by atoms with Crippen molar-refractivity contribution in [3.05, 3.63) is 17.7 Å². The maximum absolute atomic E-state index is 11.2. The molecule has 26 heavy (non-hydrogen) atoms. The first-order valence-corrected chi connectivity index (χ1v) is 10.3. The quantitative estimate of drug-likeness (QED) is 0.151. The van der Waals surface area contributed by atoms with Gasteiger partial charge in [-0.25, -0.2) is 0 Å². The number of hydrogen-bond donors (Lipinski definition) is 0. The van der Waals surface area contributed by atoms with Crippen molar-refractivity contribution in [2.75, 3.05) is 13.2 Å². The smallest absolute Gasteiger partial charge is 0.323 e. The van der Waals surface area contributed by atoms with Gasteiger partial charge in [0.1, 0.15) is 0 Å². The maximum Gasteiger partial charge on any atom is 0.323 e. The predicted molar refractivity (Wildman–Crippen MR) is 102 cm³/mol. The molecule has 2 bridgehead atoms. The van der Waals surface area contributed by atoms with Gasteiger partial charge in [0.25, 0.3) is 0 Å². The molecule has 2 fully saturated rings. The van der Waals surface area contributed by atoms with Crippen LogP contribution in [0.25, 0.3) is 5.53 Å². The van der Waals surface area contributed by atoms with Crippen LogP contribution in [0.5, 0.6) is 0 Å². The highest BCUT2D eigenvalue weighted by Gasteiger charge is 2.48. The van der Waals surface area contributed by atoms with Crippen LogP contribution >= 0.6 is 0 Å². The molecule has 0 aromatic carbocycles. The van der Waals surface area contributed by atoms with Crippen LogP contribution in [0.15, 0.2) is 12.2 Å². The number of carbonyl (C=O) groups is 1. The van der Waals surface area contributed by atoms with E-state index < -0.39 is 0 Å². The summed E-state index contributed by atoms with van der Waals surface area (Å²) >= 11 is 0. The number of rotatable bonds is 14. The summed E-state index contributed by atoms with van der Waals surface area (Å²) in [5.41, 5.74) is 8.30. The molecule has 2 heterocycles. The topological polar surface area (TPSA) is 71.9 Å². The van der Waals surface area contributed by atoms with Gasteiger partial charge in [0, 0.05) is 18.9 Å². The highest BCUT2D eigenvalue weighted by Crippen LogP contribution is 2.45. The Morgan fingerprint density at radius 1 is 1.15 bits per heavy atom. The molecule has 2 rings (SSSR count). The number of allylic oxidation sites excluding steroid dienone is 2. The van der Waals surface area contributed by atoms with Crippen molar-refractivity contribution in [1.82, 2.24) is 0 Å². The lowest BCUT2D eigenvalue weighted by molar-refractivity contribution is -0.116. The Balaban J connectivity index is 1.65. The Kier molecular flexibility index (Phi) is 9.83. The summed E-state index contributed by atoms with van der Waals surface area (Å²) in [5.74, 6) is 0.981. The van der Waals surface area contributed by atoms with Gasteiger partial charge in [-0.3, -0.25) is 4.79 Å².